The predicted molar refractivity (Wildman–Crippen MR) is 158 cm³/mol. The highest BCUT2D eigenvalue weighted by Gasteiger charge is 2.28. The van der Waals surface area contributed by atoms with E-state index in [2.05, 4.69) is 20.0 Å². The number of carbonyl (C=O) groups is 3. The number of imidazole rings is 1. The summed E-state index contributed by atoms with van der Waals surface area (Å²) in [6.45, 7) is 0.378. The van der Waals surface area contributed by atoms with Crippen LogP contribution in [0.1, 0.15) is 28.8 Å². The molecule has 0 aliphatic carbocycles. The number of amides is 3. The Kier molecular flexibility index (Phi) is 8.99. The van der Waals surface area contributed by atoms with Crippen molar-refractivity contribution in [2.75, 3.05) is 31.5 Å². The largest absolute Gasteiger partial charge is 0.435 e. The van der Waals surface area contributed by atoms with Crippen LogP contribution in [0, 0.1) is 6.92 Å². The highest BCUT2D eigenvalue weighted by molar-refractivity contribution is 5.96. The Morgan fingerprint density at radius 2 is 1.73 bits per heavy atom. The fraction of sp³-hybridized carbons (Fsp3) is 0.300. The topological polar surface area (TPSA) is 161 Å². The number of hydrogen-bond acceptors (Lipinski definition) is 8. The van der Waals surface area contributed by atoms with Crippen LogP contribution < -0.4 is 21.5 Å². The third kappa shape index (κ3) is 6.75. The Morgan fingerprint density at radius 1 is 1.02 bits per heavy atom. The zero-order valence-corrected chi connectivity index (χ0v) is 24.0. The number of nitrogens with zero attached hydrogens (tertiary/aromatic N) is 5. The number of primary amides is 1. The number of aromatic nitrogens is 3. The monoisotopic (exact) mass is 606 g/mol. The van der Waals surface area contributed by atoms with E-state index in [9.17, 15) is 23.2 Å². The lowest BCUT2D eigenvalue weighted by molar-refractivity contribution is -0.134. The summed E-state index contributed by atoms with van der Waals surface area (Å²) in [5.74, 6) is -0.341. The van der Waals surface area contributed by atoms with Gasteiger partial charge in [0.25, 0.3) is 5.91 Å². The van der Waals surface area contributed by atoms with Gasteiger partial charge in [0.2, 0.25) is 11.8 Å². The van der Waals surface area contributed by atoms with E-state index >= 15 is 0 Å². The fourth-order valence-corrected chi connectivity index (χ4v) is 5.10. The number of fused-ring (bicyclic) bond motifs is 1. The summed E-state index contributed by atoms with van der Waals surface area (Å²) in [4.78, 5) is 49.2. The molecule has 1 unspecified atom stereocenters. The first-order valence-corrected chi connectivity index (χ1v) is 14.0. The summed E-state index contributed by atoms with van der Waals surface area (Å²) in [5, 5.41) is 3.27. The molecule has 230 valence electrons. The number of carbonyl (C=O) groups excluding carboxylic acids is 3. The Hall–Kier alpha value is -5.11. The number of halogens is 2. The SMILES string of the molecule is Cc1cc(Nc2nccn3c(-c4ccc(OC(F)F)cc4)cnc23)ccc1C(=O)N1CCN(C(=O)C(N)CCC(N)=O)CC1. The first-order chi connectivity index (χ1) is 21.1. The minimum Gasteiger partial charge on any atom is -0.435 e. The van der Waals surface area contributed by atoms with Gasteiger partial charge in [0.15, 0.2) is 11.5 Å². The maximum atomic E-state index is 13.3. The number of benzene rings is 2. The predicted octanol–water partition coefficient (Wildman–Crippen LogP) is 2.93. The van der Waals surface area contributed by atoms with Crippen LogP contribution >= 0.6 is 0 Å². The van der Waals surface area contributed by atoms with Crippen molar-refractivity contribution < 1.29 is 27.9 Å². The van der Waals surface area contributed by atoms with Crippen LogP contribution in [0.2, 0.25) is 0 Å². The van der Waals surface area contributed by atoms with Gasteiger partial charge in [-0.1, -0.05) is 0 Å². The van der Waals surface area contributed by atoms with Gasteiger partial charge in [-0.15, -0.1) is 0 Å². The highest BCUT2D eigenvalue weighted by Crippen LogP contribution is 2.28. The normalized spacial score (nSPS) is 14.1. The van der Waals surface area contributed by atoms with E-state index in [1.807, 2.05) is 17.4 Å². The number of nitrogens with one attached hydrogen (secondary N) is 1. The number of hydrogen-bond donors (Lipinski definition) is 3. The summed E-state index contributed by atoms with van der Waals surface area (Å²) in [6.07, 6.45) is 5.27. The summed E-state index contributed by atoms with van der Waals surface area (Å²) >= 11 is 0. The lowest BCUT2D eigenvalue weighted by Crippen LogP contribution is -2.54. The molecule has 44 heavy (non-hydrogen) atoms. The zero-order valence-electron chi connectivity index (χ0n) is 24.0. The number of rotatable bonds is 10. The molecular formula is C30H32F2N8O4. The summed E-state index contributed by atoms with van der Waals surface area (Å²) in [6, 6.07) is 10.9. The Bertz CT molecular complexity index is 1670. The second kappa shape index (κ2) is 13.0. The van der Waals surface area contributed by atoms with Crippen LogP contribution in [-0.2, 0) is 9.59 Å². The van der Waals surface area contributed by atoms with E-state index in [1.54, 1.807) is 52.7 Å². The molecule has 0 spiro atoms. The van der Waals surface area contributed by atoms with Crippen molar-refractivity contribution in [3.63, 3.8) is 0 Å². The van der Waals surface area contributed by atoms with E-state index in [-0.39, 0.29) is 30.4 Å². The Morgan fingerprint density at radius 3 is 2.39 bits per heavy atom. The summed E-state index contributed by atoms with van der Waals surface area (Å²) in [5.41, 5.74) is 15.1. The molecule has 0 radical (unpaired) electrons. The second-order valence-corrected chi connectivity index (χ2v) is 10.4. The first-order valence-electron chi connectivity index (χ1n) is 14.0. The number of anilines is 2. The van der Waals surface area contributed by atoms with Gasteiger partial charge in [-0.25, -0.2) is 9.97 Å². The highest BCUT2D eigenvalue weighted by atomic mass is 19.3. The van der Waals surface area contributed by atoms with E-state index in [1.165, 1.54) is 12.1 Å². The molecule has 14 heteroatoms. The number of nitrogens with two attached hydrogens (primary N) is 2. The van der Waals surface area contributed by atoms with Crippen LogP contribution in [0.25, 0.3) is 16.9 Å². The van der Waals surface area contributed by atoms with Gasteiger partial charge < -0.3 is 31.3 Å². The molecule has 2 aromatic carbocycles. The summed E-state index contributed by atoms with van der Waals surface area (Å²) < 4.78 is 31.3. The molecule has 12 nitrogen and oxygen atoms in total. The van der Waals surface area contributed by atoms with Crippen LogP contribution in [-0.4, -0.2) is 80.7 Å². The van der Waals surface area contributed by atoms with E-state index in [4.69, 9.17) is 11.5 Å². The molecule has 1 aliphatic rings. The van der Waals surface area contributed by atoms with Gasteiger partial charge >= 0.3 is 6.61 Å². The molecule has 3 heterocycles. The van der Waals surface area contributed by atoms with Crippen molar-refractivity contribution >= 4 is 34.9 Å². The zero-order chi connectivity index (χ0) is 31.4. The average molecular weight is 607 g/mol. The maximum Gasteiger partial charge on any atom is 0.387 e. The van der Waals surface area contributed by atoms with E-state index < -0.39 is 18.6 Å². The second-order valence-electron chi connectivity index (χ2n) is 10.4. The van der Waals surface area contributed by atoms with Crippen LogP contribution in [0.3, 0.4) is 0 Å². The molecule has 0 bridgehead atoms. The van der Waals surface area contributed by atoms with Crippen LogP contribution in [0.5, 0.6) is 5.75 Å². The van der Waals surface area contributed by atoms with Gasteiger partial charge in [-0.3, -0.25) is 18.8 Å². The van der Waals surface area contributed by atoms with Gasteiger partial charge in [-0.05, 0) is 61.4 Å². The molecule has 0 saturated carbocycles. The van der Waals surface area contributed by atoms with Gasteiger partial charge in [-0.2, -0.15) is 8.78 Å². The molecule has 2 aromatic heterocycles. The molecule has 1 saturated heterocycles. The Balaban J connectivity index is 1.24. The van der Waals surface area contributed by atoms with Gasteiger partial charge in [0.1, 0.15) is 5.75 Å². The lowest BCUT2D eigenvalue weighted by atomic mass is 10.1. The van der Waals surface area contributed by atoms with Gasteiger partial charge in [0, 0.05) is 61.8 Å². The summed E-state index contributed by atoms with van der Waals surface area (Å²) in [7, 11) is 0. The molecule has 1 atom stereocenters. The minimum atomic E-state index is -2.90. The fourth-order valence-electron chi connectivity index (χ4n) is 5.10. The van der Waals surface area contributed by atoms with Crippen LogP contribution in [0.4, 0.5) is 20.3 Å². The molecule has 3 amide bonds. The molecule has 5 rings (SSSR count). The van der Waals surface area contributed by atoms with E-state index in [0.29, 0.717) is 48.9 Å². The quantitative estimate of drug-likeness (QED) is 0.248. The molecular weight excluding hydrogens is 574 g/mol. The molecule has 4 aromatic rings. The average Bonchev–Trinajstić information content (AvgIpc) is 3.45. The number of alkyl halides is 2. The molecule has 1 fully saturated rings. The maximum absolute atomic E-state index is 13.3. The third-order valence-corrected chi connectivity index (χ3v) is 7.42. The Labute approximate surface area is 251 Å². The smallest absolute Gasteiger partial charge is 0.387 e. The number of aryl methyl sites for hydroxylation is 1. The number of ether oxygens (including phenoxy) is 1. The van der Waals surface area contributed by atoms with Crippen molar-refractivity contribution in [2.45, 2.75) is 32.4 Å². The van der Waals surface area contributed by atoms with Crippen molar-refractivity contribution in [1.82, 2.24) is 24.2 Å². The van der Waals surface area contributed by atoms with Crippen molar-refractivity contribution in [3.05, 3.63) is 72.2 Å². The standard InChI is InChI=1S/C30H32F2N8O4/c1-18-16-20(4-7-22(18)28(42)38-12-14-39(15-13-38)29(43)23(33)8-9-25(34)41)37-26-27-36-17-24(40(27)11-10-35-26)19-2-5-21(6-3-19)44-30(31)32/h2-7,10-11,16-17,23,30H,8-9,12-15,33H2,1H3,(H2,34,41)(H,35,37). The first kappa shape index (κ1) is 30.4. The lowest BCUT2D eigenvalue weighted by Gasteiger charge is -2.36. The van der Waals surface area contributed by atoms with Crippen molar-refractivity contribution in [3.8, 4) is 17.0 Å². The van der Waals surface area contributed by atoms with E-state index in [0.717, 1.165) is 16.8 Å². The van der Waals surface area contributed by atoms with Crippen LogP contribution in [0.15, 0.2) is 61.1 Å². The third-order valence-electron chi connectivity index (χ3n) is 7.42. The minimum absolute atomic E-state index is 0.0434. The molecule has 5 N–H and O–H groups in total. The van der Waals surface area contributed by atoms with Crippen molar-refractivity contribution in [1.29, 1.82) is 0 Å². The molecule has 1 aliphatic heterocycles. The van der Waals surface area contributed by atoms with Gasteiger partial charge in [0.05, 0.1) is 17.9 Å². The number of piperazine rings is 1. The van der Waals surface area contributed by atoms with Crippen molar-refractivity contribution in [2.24, 2.45) is 11.5 Å².